The van der Waals surface area contributed by atoms with Crippen molar-refractivity contribution in [2.45, 2.75) is 19.3 Å². The zero-order valence-corrected chi connectivity index (χ0v) is 9.38. The van der Waals surface area contributed by atoms with Crippen molar-refractivity contribution in [3.63, 3.8) is 0 Å². The van der Waals surface area contributed by atoms with Crippen LogP contribution in [0.2, 0.25) is 0 Å². The van der Waals surface area contributed by atoms with Crippen LogP contribution in [-0.4, -0.2) is 30.8 Å². The fourth-order valence-corrected chi connectivity index (χ4v) is 3.10. The Balaban J connectivity index is 1.73. The van der Waals surface area contributed by atoms with E-state index in [1.165, 1.54) is 11.3 Å². The summed E-state index contributed by atoms with van der Waals surface area (Å²) in [7, 11) is 0. The van der Waals surface area contributed by atoms with Crippen LogP contribution in [0, 0.1) is 11.8 Å². The number of tetrazole rings is 1. The van der Waals surface area contributed by atoms with Crippen LogP contribution in [0.15, 0.2) is 12.2 Å². The minimum Gasteiger partial charge on any atom is -0.281 e. The Hall–Kier alpha value is -1.98. The van der Waals surface area contributed by atoms with Crippen molar-refractivity contribution in [1.29, 1.82) is 0 Å². The molecule has 6 heteroatoms. The lowest BCUT2D eigenvalue weighted by atomic mass is 10.1. The summed E-state index contributed by atoms with van der Waals surface area (Å²) in [5.41, 5.74) is 3.42. The molecule has 17 heavy (non-hydrogen) atoms. The van der Waals surface area contributed by atoms with Gasteiger partial charge in [0, 0.05) is 17.2 Å². The molecule has 1 fully saturated rings. The molecule has 0 aliphatic heterocycles. The lowest BCUT2D eigenvalue weighted by molar-refractivity contribution is 0.797. The van der Waals surface area contributed by atoms with Crippen molar-refractivity contribution in [2.75, 3.05) is 0 Å². The highest BCUT2D eigenvalue weighted by Gasteiger charge is 2.56. The summed E-state index contributed by atoms with van der Waals surface area (Å²) < 4.78 is 0. The number of allylic oxidation sites excluding steroid dienone is 2. The molecule has 2 aromatic heterocycles. The number of nitrogens with one attached hydrogen (secondary N) is 2. The van der Waals surface area contributed by atoms with E-state index in [-0.39, 0.29) is 0 Å². The molecule has 0 amide bonds. The third-order valence-electron chi connectivity index (χ3n) is 3.87. The van der Waals surface area contributed by atoms with Crippen molar-refractivity contribution < 1.29 is 0 Å². The smallest absolute Gasteiger partial charge is 0.225 e. The van der Waals surface area contributed by atoms with E-state index in [2.05, 4.69) is 49.9 Å². The third-order valence-corrected chi connectivity index (χ3v) is 3.87. The average molecular weight is 228 g/mol. The van der Waals surface area contributed by atoms with Crippen molar-refractivity contribution in [1.82, 2.24) is 30.8 Å². The molecule has 2 heterocycles. The highest BCUT2D eigenvalue weighted by Crippen LogP contribution is 2.62. The summed E-state index contributed by atoms with van der Waals surface area (Å²) in [6, 6.07) is 0. The number of hydrogen-bond donors (Lipinski definition) is 2. The topological polar surface area (TPSA) is 83.1 Å². The van der Waals surface area contributed by atoms with Crippen molar-refractivity contribution in [3.8, 4) is 11.5 Å². The molecule has 2 aliphatic rings. The molecular weight excluding hydrogens is 216 g/mol. The quantitative estimate of drug-likeness (QED) is 0.752. The van der Waals surface area contributed by atoms with Gasteiger partial charge in [-0.2, -0.15) is 10.3 Å². The first kappa shape index (κ1) is 9.09. The summed E-state index contributed by atoms with van der Waals surface area (Å²) in [4.78, 5) is 0. The predicted molar refractivity (Wildman–Crippen MR) is 60.0 cm³/mol. The van der Waals surface area contributed by atoms with Gasteiger partial charge in [-0.05, 0) is 30.4 Å². The molecule has 2 N–H and O–H groups in total. The summed E-state index contributed by atoms with van der Waals surface area (Å²) in [5.74, 6) is 2.67. The lowest BCUT2D eigenvalue weighted by Gasteiger charge is -1.98. The molecule has 1 unspecified atom stereocenters. The molecule has 0 bridgehead atoms. The molecule has 0 saturated heterocycles. The largest absolute Gasteiger partial charge is 0.281 e. The van der Waals surface area contributed by atoms with Crippen LogP contribution < -0.4 is 0 Å². The van der Waals surface area contributed by atoms with Gasteiger partial charge in [0.15, 0.2) is 0 Å². The summed E-state index contributed by atoms with van der Waals surface area (Å²) >= 11 is 0. The molecule has 86 valence electrons. The highest BCUT2D eigenvalue weighted by atomic mass is 15.5. The molecule has 0 radical (unpaired) electrons. The monoisotopic (exact) mass is 228 g/mol. The van der Waals surface area contributed by atoms with Gasteiger partial charge in [-0.1, -0.05) is 12.2 Å². The second kappa shape index (κ2) is 3.03. The molecule has 2 aromatic rings. The molecule has 0 spiro atoms. The van der Waals surface area contributed by atoms with Gasteiger partial charge < -0.3 is 0 Å². The molecule has 0 aromatic carbocycles. The van der Waals surface area contributed by atoms with Gasteiger partial charge in [0.05, 0.1) is 0 Å². The van der Waals surface area contributed by atoms with E-state index in [4.69, 9.17) is 0 Å². The maximum Gasteiger partial charge on any atom is 0.225 e. The van der Waals surface area contributed by atoms with Gasteiger partial charge in [0.25, 0.3) is 0 Å². The predicted octanol–water partition coefficient (Wildman–Crippen LogP) is 1.05. The molecule has 4 rings (SSSR count). The maximum absolute atomic E-state index is 4.32. The van der Waals surface area contributed by atoms with E-state index in [0.717, 1.165) is 18.0 Å². The molecule has 3 atom stereocenters. The summed E-state index contributed by atoms with van der Waals surface area (Å²) in [5, 5.41) is 21.5. The second-order valence-electron chi connectivity index (χ2n) is 4.70. The standard InChI is InChI=1S/C11H12N6/c1-2-3-5-6-4-7-9(8(5)6)12-13-10(7)11-14-16-17-15-11/h2-3,5-6,8H,4H2,1H3,(H,12,13)(H,14,15,16,17)/b3-2-/t5?,6-,8-/m0/s1. The fraction of sp³-hybridized carbons (Fsp3) is 0.455. The first-order valence-electron chi connectivity index (χ1n) is 5.84. The summed E-state index contributed by atoms with van der Waals surface area (Å²) in [6.45, 7) is 2.08. The van der Waals surface area contributed by atoms with Crippen molar-refractivity contribution in [3.05, 3.63) is 23.4 Å². The van der Waals surface area contributed by atoms with Crippen LogP contribution in [0.25, 0.3) is 11.5 Å². The Labute approximate surface area is 97.5 Å². The molecular formula is C11H12N6. The second-order valence-corrected chi connectivity index (χ2v) is 4.70. The Morgan fingerprint density at radius 2 is 2.29 bits per heavy atom. The number of rotatable bonds is 2. The van der Waals surface area contributed by atoms with Gasteiger partial charge in [0.1, 0.15) is 5.69 Å². The van der Waals surface area contributed by atoms with Gasteiger partial charge in [-0.3, -0.25) is 5.10 Å². The van der Waals surface area contributed by atoms with E-state index < -0.39 is 0 Å². The van der Waals surface area contributed by atoms with Crippen LogP contribution in [0.1, 0.15) is 24.1 Å². The van der Waals surface area contributed by atoms with E-state index in [1.807, 2.05) is 0 Å². The zero-order chi connectivity index (χ0) is 11.4. The van der Waals surface area contributed by atoms with Crippen LogP contribution in [0.3, 0.4) is 0 Å². The van der Waals surface area contributed by atoms with E-state index >= 15 is 0 Å². The number of aromatic amines is 2. The van der Waals surface area contributed by atoms with E-state index in [0.29, 0.717) is 17.7 Å². The maximum atomic E-state index is 4.32. The van der Waals surface area contributed by atoms with Crippen molar-refractivity contribution in [2.24, 2.45) is 11.8 Å². The molecule has 6 nitrogen and oxygen atoms in total. The van der Waals surface area contributed by atoms with E-state index in [9.17, 15) is 0 Å². The molecule has 1 saturated carbocycles. The number of nitrogens with zero attached hydrogens (tertiary/aromatic N) is 4. The van der Waals surface area contributed by atoms with E-state index in [1.54, 1.807) is 0 Å². The Morgan fingerprint density at radius 1 is 1.35 bits per heavy atom. The first-order chi connectivity index (χ1) is 8.40. The Bertz CT molecular complexity index is 581. The average Bonchev–Trinajstić information content (AvgIpc) is 2.82. The van der Waals surface area contributed by atoms with Crippen LogP contribution in [0.4, 0.5) is 0 Å². The first-order valence-corrected chi connectivity index (χ1v) is 5.84. The SMILES string of the molecule is C/C=C\C1[C@@H]2Cc3c(-c4nn[nH]n4)n[nH]c3[C@@H]12. The Kier molecular flexibility index (Phi) is 1.62. The fourth-order valence-electron chi connectivity index (χ4n) is 3.10. The van der Waals surface area contributed by atoms with Crippen molar-refractivity contribution >= 4 is 0 Å². The minimum absolute atomic E-state index is 0.589. The Morgan fingerprint density at radius 3 is 3.06 bits per heavy atom. The minimum atomic E-state index is 0.589. The van der Waals surface area contributed by atoms with Crippen LogP contribution in [0.5, 0.6) is 0 Å². The highest BCUT2D eigenvalue weighted by molar-refractivity contribution is 5.60. The van der Waals surface area contributed by atoms with Gasteiger partial charge in [-0.15, -0.1) is 10.2 Å². The van der Waals surface area contributed by atoms with Gasteiger partial charge in [0.2, 0.25) is 5.82 Å². The summed E-state index contributed by atoms with van der Waals surface area (Å²) in [6.07, 6.45) is 5.52. The molecule has 2 aliphatic carbocycles. The third kappa shape index (κ3) is 1.09. The number of fused-ring (bicyclic) bond motifs is 3. The van der Waals surface area contributed by atoms with Gasteiger partial charge >= 0.3 is 0 Å². The van der Waals surface area contributed by atoms with Crippen LogP contribution in [-0.2, 0) is 6.42 Å². The normalized spacial score (nSPS) is 29.6. The number of aromatic nitrogens is 6. The zero-order valence-electron chi connectivity index (χ0n) is 9.38. The van der Waals surface area contributed by atoms with Gasteiger partial charge in [-0.25, -0.2) is 0 Å². The number of H-pyrrole nitrogens is 2. The number of hydrogen-bond acceptors (Lipinski definition) is 4. The van der Waals surface area contributed by atoms with Crippen LogP contribution >= 0.6 is 0 Å². The lowest BCUT2D eigenvalue weighted by Crippen LogP contribution is -1.92.